The van der Waals surface area contributed by atoms with Crippen molar-refractivity contribution in [3.63, 3.8) is 0 Å². The molecule has 0 unspecified atom stereocenters. The summed E-state index contributed by atoms with van der Waals surface area (Å²) < 4.78 is 11.0. The maximum atomic E-state index is 12.4. The number of rotatable bonds is 5. The molecule has 0 aromatic carbocycles. The fourth-order valence-electron chi connectivity index (χ4n) is 3.55. The van der Waals surface area contributed by atoms with E-state index in [1.54, 1.807) is 7.11 Å². The molecule has 23 heavy (non-hydrogen) atoms. The van der Waals surface area contributed by atoms with Crippen LogP contribution in [0.5, 0.6) is 5.75 Å². The predicted octanol–water partition coefficient (Wildman–Crippen LogP) is 2.38. The Morgan fingerprint density at radius 3 is 3.09 bits per heavy atom. The van der Waals surface area contributed by atoms with Gasteiger partial charge in [-0.15, -0.1) is 11.3 Å². The molecule has 2 aliphatic heterocycles. The average molecular weight is 338 g/mol. The van der Waals surface area contributed by atoms with Crippen LogP contribution in [-0.2, 0) is 4.74 Å². The lowest BCUT2D eigenvalue weighted by Gasteiger charge is -2.38. The number of hydrogen-bond donors (Lipinski definition) is 1. The summed E-state index contributed by atoms with van der Waals surface area (Å²) in [4.78, 5) is 15.6. The van der Waals surface area contributed by atoms with E-state index in [0.717, 1.165) is 32.7 Å². The number of nitrogens with zero attached hydrogens (tertiary/aromatic N) is 1. The van der Waals surface area contributed by atoms with Crippen LogP contribution in [0.1, 0.15) is 35.9 Å². The van der Waals surface area contributed by atoms with Gasteiger partial charge in [-0.3, -0.25) is 4.79 Å². The molecular weight excluding hydrogens is 312 g/mol. The second kappa shape index (κ2) is 7.64. The van der Waals surface area contributed by atoms with Gasteiger partial charge in [-0.1, -0.05) is 6.92 Å². The largest absolute Gasteiger partial charge is 0.495 e. The van der Waals surface area contributed by atoms with Gasteiger partial charge in [0.25, 0.3) is 5.91 Å². The van der Waals surface area contributed by atoms with Gasteiger partial charge in [0.2, 0.25) is 0 Å². The van der Waals surface area contributed by atoms with Gasteiger partial charge in [-0.25, -0.2) is 0 Å². The molecule has 5 nitrogen and oxygen atoms in total. The van der Waals surface area contributed by atoms with Crippen LogP contribution < -0.4 is 10.1 Å². The molecule has 6 heteroatoms. The van der Waals surface area contributed by atoms with Crippen LogP contribution >= 0.6 is 11.3 Å². The molecule has 1 aromatic heterocycles. The summed E-state index contributed by atoms with van der Waals surface area (Å²) in [5, 5.41) is 5.08. The Labute approximate surface area is 142 Å². The lowest BCUT2D eigenvalue weighted by atomic mass is 9.93. The van der Waals surface area contributed by atoms with E-state index in [-0.39, 0.29) is 11.9 Å². The summed E-state index contributed by atoms with van der Waals surface area (Å²) in [5.41, 5.74) is 0. The highest BCUT2D eigenvalue weighted by Gasteiger charge is 2.30. The SMILES string of the molecule is COc1ccsc1C(=O)N[C@@H]1CCN(C[C@H]2CCCO2)C[C@H]1C. The number of thiophene rings is 1. The summed E-state index contributed by atoms with van der Waals surface area (Å²) in [5.74, 6) is 1.09. The van der Waals surface area contributed by atoms with Crippen LogP contribution in [0.25, 0.3) is 0 Å². The van der Waals surface area contributed by atoms with Gasteiger partial charge < -0.3 is 19.7 Å². The van der Waals surface area contributed by atoms with Gasteiger partial charge in [0.1, 0.15) is 10.6 Å². The molecule has 0 aliphatic carbocycles. The Kier molecular flexibility index (Phi) is 5.56. The first-order chi connectivity index (χ1) is 11.2. The normalized spacial score (nSPS) is 28.7. The molecule has 3 heterocycles. The van der Waals surface area contributed by atoms with E-state index in [1.165, 1.54) is 24.2 Å². The third-order valence-corrected chi connectivity index (χ3v) is 5.74. The van der Waals surface area contributed by atoms with Crippen molar-refractivity contribution in [3.05, 3.63) is 16.3 Å². The Hall–Kier alpha value is -1.11. The van der Waals surface area contributed by atoms with Crippen molar-refractivity contribution in [3.8, 4) is 5.75 Å². The fraction of sp³-hybridized carbons (Fsp3) is 0.706. The Morgan fingerprint density at radius 2 is 2.39 bits per heavy atom. The molecule has 1 N–H and O–H groups in total. The van der Waals surface area contributed by atoms with E-state index >= 15 is 0 Å². The Bertz CT molecular complexity index is 528. The monoisotopic (exact) mass is 338 g/mol. The number of likely N-dealkylation sites (tertiary alicyclic amines) is 1. The highest BCUT2D eigenvalue weighted by molar-refractivity contribution is 7.12. The topological polar surface area (TPSA) is 50.8 Å². The van der Waals surface area contributed by atoms with Crippen molar-refractivity contribution in [2.75, 3.05) is 33.4 Å². The maximum Gasteiger partial charge on any atom is 0.265 e. The van der Waals surface area contributed by atoms with Gasteiger partial charge in [0.05, 0.1) is 13.2 Å². The third kappa shape index (κ3) is 4.05. The second-order valence-electron chi connectivity index (χ2n) is 6.56. The van der Waals surface area contributed by atoms with E-state index in [1.807, 2.05) is 11.4 Å². The molecule has 0 radical (unpaired) electrons. The smallest absolute Gasteiger partial charge is 0.265 e. The van der Waals surface area contributed by atoms with Crippen molar-refractivity contribution in [1.82, 2.24) is 10.2 Å². The van der Waals surface area contributed by atoms with Crippen LogP contribution in [0.2, 0.25) is 0 Å². The van der Waals surface area contributed by atoms with Crippen molar-refractivity contribution in [2.45, 2.75) is 38.3 Å². The number of hydrogen-bond acceptors (Lipinski definition) is 5. The van der Waals surface area contributed by atoms with Crippen LogP contribution in [-0.4, -0.2) is 56.3 Å². The molecular formula is C17H26N2O3S. The van der Waals surface area contributed by atoms with Crippen LogP contribution in [0, 0.1) is 5.92 Å². The van der Waals surface area contributed by atoms with Gasteiger partial charge in [0, 0.05) is 32.3 Å². The summed E-state index contributed by atoms with van der Waals surface area (Å²) >= 11 is 1.43. The molecule has 2 fully saturated rings. The molecule has 0 spiro atoms. The standard InChI is InChI=1S/C17H26N2O3S/c1-12-10-19(11-13-4-3-8-22-13)7-5-14(12)18-17(20)16-15(21-2)6-9-23-16/h6,9,12-14H,3-5,7-8,10-11H2,1-2H3,(H,18,20)/t12-,13-,14-/m1/s1. The lowest BCUT2D eigenvalue weighted by molar-refractivity contribution is 0.0499. The van der Waals surface area contributed by atoms with Crippen LogP contribution in [0.4, 0.5) is 0 Å². The summed E-state index contributed by atoms with van der Waals surface area (Å²) in [6.45, 7) is 6.21. The van der Waals surface area contributed by atoms with Gasteiger partial charge in [-0.05, 0) is 36.6 Å². The van der Waals surface area contributed by atoms with E-state index in [4.69, 9.17) is 9.47 Å². The van der Waals surface area contributed by atoms with Crippen LogP contribution in [0.15, 0.2) is 11.4 Å². The molecule has 2 saturated heterocycles. The van der Waals surface area contributed by atoms with Crippen molar-refractivity contribution in [2.24, 2.45) is 5.92 Å². The van der Waals surface area contributed by atoms with E-state index < -0.39 is 0 Å². The Morgan fingerprint density at radius 1 is 1.52 bits per heavy atom. The minimum absolute atomic E-state index is 0.0127. The van der Waals surface area contributed by atoms with E-state index in [2.05, 4.69) is 17.1 Å². The van der Waals surface area contributed by atoms with Gasteiger partial charge in [0.15, 0.2) is 0 Å². The third-order valence-electron chi connectivity index (χ3n) is 4.85. The van der Waals surface area contributed by atoms with E-state index in [9.17, 15) is 4.79 Å². The number of methoxy groups -OCH3 is 1. The first-order valence-corrected chi connectivity index (χ1v) is 9.31. The summed E-state index contributed by atoms with van der Waals surface area (Å²) in [6, 6.07) is 2.07. The number of amides is 1. The zero-order valence-corrected chi connectivity index (χ0v) is 14.7. The molecule has 3 rings (SSSR count). The number of carbonyl (C=O) groups excluding carboxylic acids is 1. The van der Waals surface area contributed by atoms with E-state index in [0.29, 0.717) is 22.6 Å². The maximum absolute atomic E-state index is 12.4. The van der Waals surface area contributed by atoms with Crippen molar-refractivity contribution in [1.29, 1.82) is 0 Å². The number of carbonyl (C=O) groups is 1. The fourth-order valence-corrected chi connectivity index (χ4v) is 4.31. The highest BCUT2D eigenvalue weighted by atomic mass is 32.1. The van der Waals surface area contributed by atoms with Crippen LogP contribution in [0.3, 0.4) is 0 Å². The second-order valence-corrected chi connectivity index (χ2v) is 7.47. The highest BCUT2D eigenvalue weighted by Crippen LogP contribution is 2.26. The first-order valence-electron chi connectivity index (χ1n) is 8.43. The number of piperidine rings is 1. The molecule has 1 amide bonds. The summed E-state index contributed by atoms with van der Waals surface area (Å²) in [6.07, 6.45) is 3.77. The summed E-state index contributed by atoms with van der Waals surface area (Å²) in [7, 11) is 1.60. The van der Waals surface area contributed by atoms with Gasteiger partial charge >= 0.3 is 0 Å². The minimum atomic E-state index is -0.0127. The van der Waals surface area contributed by atoms with Crippen molar-refractivity contribution < 1.29 is 14.3 Å². The first kappa shape index (κ1) is 16.7. The molecule has 0 saturated carbocycles. The number of ether oxygens (including phenoxy) is 2. The zero-order valence-electron chi connectivity index (χ0n) is 13.9. The lowest BCUT2D eigenvalue weighted by Crippen LogP contribution is -2.51. The molecule has 128 valence electrons. The van der Waals surface area contributed by atoms with Crippen molar-refractivity contribution >= 4 is 17.2 Å². The molecule has 2 aliphatic rings. The quantitative estimate of drug-likeness (QED) is 0.895. The molecule has 1 aromatic rings. The zero-order chi connectivity index (χ0) is 16.2. The van der Waals surface area contributed by atoms with Gasteiger partial charge in [-0.2, -0.15) is 0 Å². The number of nitrogens with one attached hydrogen (secondary N) is 1. The average Bonchev–Trinajstić information content (AvgIpc) is 3.20. The Balaban J connectivity index is 1.51. The molecule has 0 bridgehead atoms. The molecule has 3 atom stereocenters. The minimum Gasteiger partial charge on any atom is -0.495 e. The predicted molar refractivity (Wildman–Crippen MR) is 91.3 cm³/mol.